The zero-order valence-electron chi connectivity index (χ0n) is 16.3. The third kappa shape index (κ3) is 5.96. The SMILES string of the molecule is Cc1cc(CSc2ccccc2C(=O)OCC(=O)N[C@H](C)c2ccccc2)no1. The molecule has 1 atom stereocenters. The van der Waals surface area contributed by atoms with Crippen LogP contribution in [0, 0.1) is 6.92 Å². The maximum atomic E-state index is 12.5. The fourth-order valence-electron chi connectivity index (χ4n) is 2.72. The van der Waals surface area contributed by atoms with E-state index in [9.17, 15) is 9.59 Å². The van der Waals surface area contributed by atoms with Gasteiger partial charge in [-0.05, 0) is 31.5 Å². The predicted molar refractivity (Wildman–Crippen MR) is 111 cm³/mol. The van der Waals surface area contributed by atoms with Crippen LogP contribution in [0.2, 0.25) is 0 Å². The number of carbonyl (C=O) groups excluding carboxylic acids is 2. The van der Waals surface area contributed by atoms with Crippen LogP contribution >= 0.6 is 11.8 Å². The molecule has 6 nitrogen and oxygen atoms in total. The Bertz CT molecular complexity index is 972. The fraction of sp³-hybridized carbons (Fsp3) is 0.227. The first-order chi connectivity index (χ1) is 14.0. The van der Waals surface area contributed by atoms with E-state index in [1.807, 2.05) is 62.4 Å². The van der Waals surface area contributed by atoms with Gasteiger partial charge in [0.25, 0.3) is 5.91 Å². The van der Waals surface area contributed by atoms with Gasteiger partial charge in [0.15, 0.2) is 6.61 Å². The lowest BCUT2D eigenvalue weighted by atomic mass is 10.1. The number of benzene rings is 2. The van der Waals surface area contributed by atoms with Crippen molar-refractivity contribution < 1.29 is 18.8 Å². The Kier molecular flexibility index (Phi) is 7.08. The number of amides is 1. The minimum absolute atomic E-state index is 0.170. The Hall–Kier alpha value is -3.06. The van der Waals surface area contributed by atoms with E-state index in [1.54, 1.807) is 12.1 Å². The summed E-state index contributed by atoms with van der Waals surface area (Å²) in [7, 11) is 0. The number of thioether (sulfide) groups is 1. The molecular formula is C22H22N2O4S. The van der Waals surface area contributed by atoms with Crippen LogP contribution in [-0.2, 0) is 15.3 Å². The van der Waals surface area contributed by atoms with Crippen molar-refractivity contribution in [2.75, 3.05) is 6.61 Å². The quantitative estimate of drug-likeness (QED) is 0.440. The van der Waals surface area contributed by atoms with Gasteiger partial charge in [0.1, 0.15) is 5.76 Å². The third-order valence-electron chi connectivity index (χ3n) is 4.17. The summed E-state index contributed by atoms with van der Waals surface area (Å²) in [6, 6.07) is 18.4. The van der Waals surface area contributed by atoms with Crippen LogP contribution in [-0.4, -0.2) is 23.6 Å². The Balaban J connectivity index is 1.54. The maximum Gasteiger partial charge on any atom is 0.339 e. The number of esters is 1. The molecule has 1 N–H and O–H groups in total. The van der Waals surface area contributed by atoms with E-state index in [2.05, 4.69) is 10.5 Å². The van der Waals surface area contributed by atoms with Gasteiger partial charge in [0.05, 0.1) is 17.3 Å². The molecule has 1 aromatic heterocycles. The van der Waals surface area contributed by atoms with Gasteiger partial charge in [-0.3, -0.25) is 4.79 Å². The van der Waals surface area contributed by atoms with Gasteiger partial charge < -0.3 is 14.6 Å². The summed E-state index contributed by atoms with van der Waals surface area (Å²) >= 11 is 1.46. The first-order valence-corrected chi connectivity index (χ1v) is 10.2. The molecule has 1 amide bonds. The van der Waals surface area contributed by atoms with Crippen LogP contribution in [0.15, 0.2) is 70.1 Å². The van der Waals surface area contributed by atoms with Gasteiger partial charge in [-0.2, -0.15) is 0 Å². The second kappa shape index (κ2) is 9.93. The van der Waals surface area contributed by atoms with Gasteiger partial charge >= 0.3 is 5.97 Å². The normalized spacial score (nSPS) is 11.7. The number of hydrogen-bond acceptors (Lipinski definition) is 6. The molecule has 0 aliphatic heterocycles. The molecule has 0 saturated carbocycles. The maximum absolute atomic E-state index is 12.5. The van der Waals surface area contributed by atoms with Gasteiger partial charge in [0, 0.05) is 16.7 Å². The first kappa shape index (κ1) is 20.7. The second-order valence-corrected chi connectivity index (χ2v) is 7.51. The fourth-order valence-corrected chi connectivity index (χ4v) is 3.64. The molecule has 0 spiro atoms. The van der Waals surface area contributed by atoms with Crippen molar-refractivity contribution in [1.29, 1.82) is 0 Å². The van der Waals surface area contributed by atoms with Crippen molar-refractivity contribution in [3.63, 3.8) is 0 Å². The standard InChI is InChI=1S/C22H22N2O4S/c1-15-12-18(24-28-15)14-29-20-11-7-6-10-19(20)22(26)27-13-21(25)23-16(2)17-8-4-3-5-9-17/h3-12,16H,13-14H2,1-2H3,(H,23,25)/t16-/m1/s1. The van der Waals surface area contributed by atoms with Crippen LogP contribution < -0.4 is 5.32 Å². The van der Waals surface area contributed by atoms with Gasteiger partial charge in [-0.25, -0.2) is 4.79 Å². The number of aryl methyl sites for hydroxylation is 1. The molecule has 0 aliphatic carbocycles. The van der Waals surface area contributed by atoms with Crippen molar-refractivity contribution in [3.8, 4) is 0 Å². The summed E-state index contributed by atoms with van der Waals surface area (Å²) in [5, 5.41) is 6.78. The van der Waals surface area contributed by atoms with Crippen LogP contribution in [0.25, 0.3) is 0 Å². The van der Waals surface area contributed by atoms with Crippen LogP contribution in [0.4, 0.5) is 0 Å². The second-order valence-electron chi connectivity index (χ2n) is 6.49. The van der Waals surface area contributed by atoms with Crippen molar-refractivity contribution in [3.05, 3.63) is 83.2 Å². The molecule has 0 unspecified atom stereocenters. The smallest absolute Gasteiger partial charge is 0.339 e. The van der Waals surface area contributed by atoms with Crippen molar-refractivity contribution in [2.45, 2.75) is 30.5 Å². The number of rotatable bonds is 8. The summed E-state index contributed by atoms with van der Waals surface area (Å²) in [6.07, 6.45) is 0. The van der Waals surface area contributed by atoms with Gasteiger partial charge in [-0.15, -0.1) is 11.8 Å². The average Bonchev–Trinajstić information content (AvgIpc) is 3.16. The number of hydrogen-bond donors (Lipinski definition) is 1. The van der Waals surface area contributed by atoms with Crippen molar-refractivity contribution >= 4 is 23.6 Å². The topological polar surface area (TPSA) is 81.4 Å². The zero-order valence-corrected chi connectivity index (χ0v) is 17.1. The Morgan fingerprint density at radius 3 is 2.59 bits per heavy atom. The molecular weight excluding hydrogens is 388 g/mol. The van der Waals surface area contributed by atoms with E-state index in [0.717, 1.165) is 21.9 Å². The van der Waals surface area contributed by atoms with E-state index >= 15 is 0 Å². The molecule has 3 rings (SSSR count). The lowest BCUT2D eigenvalue weighted by molar-refractivity contribution is -0.124. The molecule has 0 aliphatic rings. The number of ether oxygens (including phenoxy) is 1. The van der Waals surface area contributed by atoms with Crippen molar-refractivity contribution in [2.24, 2.45) is 0 Å². The van der Waals surface area contributed by atoms with Gasteiger partial charge in [-0.1, -0.05) is 47.6 Å². The van der Waals surface area contributed by atoms with E-state index in [1.165, 1.54) is 11.8 Å². The Labute approximate surface area is 173 Å². The molecule has 0 saturated heterocycles. The largest absolute Gasteiger partial charge is 0.452 e. The van der Waals surface area contributed by atoms with Crippen LogP contribution in [0.5, 0.6) is 0 Å². The van der Waals surface area contributed by atoms with E-state index in [-0.39, 0.29) is 18.6 Å². The van der Waals surface area contributed by atoms with Gasteiger partial charge in [0.2, 0.25) is 0 Å². The molecule has 0 radical (unpaired) electrons. The Morgan fingerprint density at radius 1 is 1.14 bits per heavy atom. The minimum Gasteiger partial charge on any atom is -0.452 e. The monoisotopic (exact) mass is 410 g/mol. The van der Waals surface area contributed by atoms with Crippen molar-refractivity contribution in [1.82, 2.24) is 10.5 Å². The lowest BCUT2D eigenvalue weighted by Gasteiger charge is -2.14. The van der Waals surface area contributed by atoms with E-state index < -0.39 is 5.97 Å². The highest BCUT2D eigenvalue weighted by Gasteiger charge is 2.16. The number of nitrogens with one attached hydrogen (secondary N) is 1. The summed E-state index contributed by atoms with van der Waals surface area (Å²) < 4.78 is 10.3. The van der Waals surface area contributed by atoms with E-state index in [4.69, 9.17) is 9.26 Å². The number of aromatic nitrogens is 1. The summed E-state index contributed by atoms with van der Waals surface area (Å²) in [6.45, 7) is 3.38. The molecule has 7 heteroatoms. The molecule has 3 aromatic rings. The molecule has 150 valence electrons. The molecule has 29 heavy (non-hydrogen) atoms. The highest BCUT2D eigenvalue weighted by atomic mass is 32.2. The molecule has 2 aromatic carbocycles. The third-order valence-corrected chi connectivity index (χ3v) is 5.28. The minimum atomic E-state index is -0.535. The highest BCUT2D eigenvalue weighted by molar-refractivity contribution is 7.98. The highest BCUT2D eigenvalue weighted by Crippen LogP contribution is 2.26. The molecule has 0 fully saturated rings. The summed E-state index contributed by atoms with van der Waals surface area (Å²) in [5.74, 6) is 0.422. The zero-order chi connectivity index (χ0) is 20.6. The number of carbonyl (C=O) groups is 2. The lowest BCUT2D eigenvalue weighted by Crippen LogP contribution is -2.31. The first-order valence-electron chi connectivity index (χ1n) is 9.18. The average molecular weight is 410 g/mol. The van der Waals surface area contributed by atoms with Crippen LogP contribution in [0.1, 0.15) is 40.3 Å². The number of nitrogens with zero attached hydrogens (tertiary/aromatic N) is 1. The summed E-state index contributed by atoms with van der Waals surface area (Å²) in [5.41, 5.74) is 2.20. The summed E-state index contributed by atoms with van der Waals surface area (Å²) in [4.78, 5) is 25.4. The molecule has 1 heterocycles. The molecule has 0 bridgehead atoms. The predicted octanol–water partition coefficient (Wildman–Crippen LogP) is 4.31. The Morgan fingerprint density at radius 2 is 1.86 bits per heavy atom. The van der Waals surface area contributed by atoms with E-state index in [0.29, 0.717) is 11.3 Å². The van der Waals surface area contributed by atoms with Crippen LogP contribution in [0.3, 0.4) is 0 Å².